The molecule has 0 aliphatic rings. The number of hydrogen-bond acceptors (Lipinski definition) is 12. The molecule has 0 fully saturated rings. The predicted octanol–water partition coefficient (Wildman–Crippen LogP) is 12.8. The summed E-state index contributed by atoms with van der Waals surface area (Å²) < 4.78 is 107. The van der Waals surface area contributed by atoms with Crippen LogP contribution in [0.4, 0.5) is 37.7 Å². The Kier molecular flexibility index (Phi) is 19.9. The van der Waals surface area contributed by atoms with Crippen LogP contribution >= 0.6 is 0 Å². The number of benzene rings is 6. The molecule has 6 aromatic carbocycles. The summed E-state index contributed by atoms with van der Waals surface area (Å²) in [6.45, 7) is 0.185. The van der Waals surface area contributed by atoms with Gasteiger partial charge in [0.05, 0.1) is 38.6 Å². The molecule has 0 aliphatic carbocycles. The van der Waals surface area contributed by atoms with Crippen LogP contribution in [-0.4, -0.2) is 63.3 Å². The van der Waals surface area contributed by atoms with E-state index in [4.69, 9.17) is 39.9 Å². The van der Waals surface area contributed by atoms with Gasteiger partial charge in [-0.15, -0.1) is 0 Å². The van der Waals surface area contributed by atoms with Crippen molar-refractivity contribution in [1.82, 2.24) is 0 Å². The van der Waals surface area contributed by atoms with Crippen LogP contribution in [0.25, 0.3) is 23.3 Å². The highest BCUT2D eigenvalue weighted by atomic mass is 19.4. The molecule has 0 atom stereocenters. The average Bonchev–Trinajstić information content (AvgIpc) is 3.38. The number of unbranched alkanes of at least 4 members (excludes halogenated alkanes) is 2. The molecule has 4 N–H and O–H groups in total. The van der Waals surface area contributed by atoms with Crippen molar-refractivity contribution in [2.75, 3.05) is 38.9 Å². The molecule has 0 heterocycles. The lowest BCUT2D eigenvalue weighted by Gasteiger charge is -2.15. The minimum atomic E-state index is -4.22. The van der Waals surface area contributed by atoms with Gasteiger partial charge in [-0.2, -0.15) is 26.3 Å². The van der Waals surface area contributed by atoms with Crippen molar-refractivity contribution in [2.45, 2.75) is 63.7 Å². The summed E-state index contributed by atoms with van der Waals surface area (Å²) in [5.41, 5.74) is 17.3. The lowest BCUT2D eigenvalue weighted by atomic mass is 9.90. The van der Waals surface area contributed by atoms with E-state index in [9.17, 15) is 45.5 Å². The van der Waals surface area contributed by atoms with Gasteiger partial charge in [-0.1, -0.05) is 36.4 Å². The zero-order valence-corrected chi connectivity index (χ0v) is 41.4. The Morgan fingerprint density at radius 2 is 0.855 bits per heavy atom. The summed E-state index contributed by atoms with van der Waals surface area (Å²) >= 11 is 0. The molecule has 0 spiro atoms. The third-order valence-electron chi connectivity index (χ3n) is 11.4. The second-order valence-electron chi connectivity index (χ2n) is 17.3. The van der Waals surface area contributed by atoms with E-state index >= 15 is 0 Å². The van der Waals surface area contributed by atoms with Gasteiger partial charge >= 0.3 is 24.3 Å². The molecule has 0 unspecified atom stereocenters. The molecular formula is C58H54F6N2O10. The SMILES string of the molecule is COc1cc(/C=C/C(=O)Cc2cc(N)ccc2-c2ccc(N)cc2CC(=O)/C=C/c2ccc(OC(=O)c3ccc(OCCCCC(F)(F)F)cc3)c(OC)c2)ccc1OC(=O)c1ccc(OCCCCC(F)(F)F)cc1. The van der Waals surface area contributed by atoms with Gasteiger partial charge in [-0.25, -0.2) is 9.59 Å². The first-order valence-corrected chi connectivity index (χ1v) is 23.8. The Balaban J connectivity index is 1.05. The maximum Gasteiger partial charge on any atom is 0.389 e. The van der Waals surface area contributed by atoms with Crippen molar-refractivity contribution in [2.24, 2.45) is 0 Å². The van der Waals surface area contributed by atoms with E-state index in [1.807, 2.05) is 0 Å². The summed E-state index contributed by atoms with van der Waals surface area (Å²) in [4.78, 5) is 53.0. The van der Waals surface area contributed by atoms with Crippen LogP contribution in [0.3, 0.4) is 0 Å². The molecule has 6 rings (SSSR count). The first-order valence-electron chi connectivity index (χ1n) is 23.8. The van der Waals surface area contributed by atoms with E-state index in [-0.39, 0.29) is 97.4 Å². The number of carbonyl (C=O) groups is 4. The molecule has 0 aromatic heterocycles. The molecule has 12 nitrogen and oxygen atoms in total. The van der Waals surface area contributed by atoms with E-state index in [2.05, 4.69) is 0 Å². The average molecular weight is 1050 g/mol. The number of allylic oxidation sites excluding steroid dienone is 2. The molecule has 0 amide bonds. The molecule has 0 bridgehead atoms. The number of nitrogen functional groups attached to an aromatic ring is 2. The van der Waals surface area contributed by atoms with Gasteiger partial charge in [-0.05, 0) is 168 Å². The number of anilines is 2. The highest BCUT2D eigenvalue weighted by Crippen LogP contribution is 2.34. The van der Waals surface area contributed by atoms with Crippen LogP contribution in [0, 0.1) is 0 Å². The topological polar surface area (TPSA) is 176 Å². The Hall–Kier alpha value is -8.54. The van der Waals surface area contributed by atoms with Gasteiger partial charge < -0.3 is 39.9 Å². The molecule has 76 heavy (non-hydrogen) atoms. The number of nitrogens with two attached hydrogens (primary N) is 2. The van der Waals surface area contributed by atoms with Crippen molar-refractivity contribution < 1.29 is 73.9 Å². The monoisotopic (exact) mass is 1050 g/mol. The number of rotatable bonds is 25. The third kappa shape index (κ3) is 17.8. The van der Waals surface area contributed by atoms with E-state index in [0.29, 0.717) is 56.3 Å². The number of ether oxygens (including phenoxy) is 6. The van der Waals surface area contributed by atoms with Gasteiger partial charge in [0.15, 0.2) is 34.6 Å². The summed E-state index contributed by atoms with van der Waals surface area (Å²) in [6.07, 6.45) is -4.03. The predicted molar refractivity (Wildman–Crippen MR) is 276 cm³/mol. The lowest BCUT2D eigenvalue weighted by Crippen LogP contribution is -2.09. The molecule has 18 heteroatoms. The molecule has 0 saturated heterocycles. The normalized spacial score (nSPS) is 11.6. The summed E-state index contributed by atoms with van der Waals surface area (Å²) in [6, 6.07) is 31.8. The Morgan fingerprint density at radius 3 is 1.21 bits per heavy atom. The minimum absolute atomic E-state index is 0.0541. The van der Waals surface area contributed by atoms with Crippen LogP contribution in [0.1, 0.15) is 81.5 Å². The van der Waals surface area contributed by atoms with E-state index in [1.165, 1.54) is 87.0 Å². The summed E-state index contributed by atoms with van der Waals surface area (Å²) in [7, 11) is 2.79. The fourth-order valence-corrected chi connectivity index (χ4v) is 7.59. The summed E-state index contributed by atoms with van der Waals surface area (Å²) in [5, 5.41) is 0. The number of alkyl halides is 6. The van der Waals surface area contributed by atoms with Crippen LogP contribution in [0.5, 0.6) is 34.5 Å². The van der Waals surface area contributed by atoms with Crippen molar-refractivity contribution in [3.8, 4) is 45.6 Å². The van der Waals surface area contributed by atoms with Crippen molar-refractivity contribution in [1.29, 1.82) is 0 Å². The maximum absolute atomic E-state index is 13.5. The highest BCUT2D eigenvalue weighted by molar-refractivity contribution is 5.98. The van der Waals surface area contributed by atoms with E-state index < -0.39 is 37.1 Å². The number of ketones is 2. The first kappa shape index (κ1) is 56.8. The van der Waals surface area contributed by atoms with Gasteiger partial charge in [0.25, 0.3) is 0 Å². The quantitative estimate of drug-likeness (QED) is 0.0139. The van der Waals surface area contributed by atoms with E-state index in [1.54, 1.807) is 72.8 Å². The Labute approximate surface area is 434 Å². The maximum atomic E-state index is 13.5. The smallest absolute Gasteiger partial charge is 0.389 e. The highest BCUT2D eigenvalue weighted by Gasteiger charge is 2.27. The van der Waals surface area contributed by atoms with Crippen LogP contribution < -0.4 is 39.9 Å². The molecule has 0 aliphatic heterocycles. The van der Waals surface area contributed by atoms with E-state index in [0.717, 1.165) is 0 Å². The molecule has 6 aromatic rings. The number of hydrogen-bond donors (Lipinski definition) is 2. The molecule has 0 saturated carbocycles. The summed E-state index contributed by atoms with van der Waals surface area (Å²) in [5.74, 6) is -0.490. The zero-order chi connectivity index (χ0) is 54.8. The van der Waals surface area contributed by atoms with Gasteiger partial charge in [0.1, 0.15) is 11.5 Å². The van der Waals surface area contributed by atoms with Gasteiger partial charge in [0.2, 0.25) is 0 Å². The largest absolute Gasteiger partial charge is 0.494 e. The van der Waals surface area contributed by atoms with Gasteiger partial charge in [-0.3, -0.25) is 9.59 Å². The number of methoxy groups -OCH3 is 2. The van der Waals surface area contributed by atoms with Crippen molar-refractivity contribution >= 4 is 47.0 Å². The molecule has 398 valence electrons. The first-order chi connectivity index (χ1) is 36.2. The fraction of sp³-hybridized carbons (Fsp3) is 0.241. The number of halogens is 6. The van der Waals surface area contributed by atoms with Crippen LogP contribution in [-0.2, 0) is 22.4 Å². The minimum Gasteiger partial charge on any atom is -0.494 e. The Morgan fingerprint density at radius 1 is 0.474 bits per heavy atom. The fourth-order valence-electron chi connectivity index (χ4n) is 7.59. The van der Waals surface area contributed by atoms with Crippen molar-refractivity contribution in [3.05, 3.63) is 167 Å². The van der Waals surface area contributed by atoms with Crippen LogP contribution in [0.2, 0.25) is 0 Å². The van der Waals surface area contributed by atoms with Crippen LogP contribution in [0.15, 0.2) is 133 Å². The second kappa shape index (κ2) is 26.6. The van der Waals surface area contributed by atoms with Crippen molar-refractivity contribution in [3.63, 3.8) is 0 Å². The Bertz CT molecular complexity index is 2840. The number of carbonyl (C=O) groups excluding carboxylic acids is 4. The van der Waals surface area contributed by atoms with Gasteiger partial charge in [0, 0.05) is 37.1 Å². The zero-order valence-electron chi connectivity index (χ0n) is 41.4. The third-order valence-corrected chi connectivity index (χ3v) is 11.4. The number of esters is 2. The molecular weight excluding hydrogens is 999 g/mol. The standard InChI is InChI=1S/C58H54F6N2O10/c1-71-53-31-37(9-25-51(53)75-55(69)39-11-19-47(20-12-39)73-29-5-3-27-57(59,60)61)7-17-45(67)35-41-33-43(65)15-23-49(41)50-24-16-44(66)34-42(50)36-46(68)18-8-38-10-26-52(54(32-38)72-2)76-56(70)40-13-21-48(22-14-40)74-30-6-4-28-58(62,63)64/h7-26,31-34H,3-6,27-30,35-36,65-66H2,1-2H3/b17-7+,18-8+. The molecule has 0 radical (unpaired) electrons. The lowest BCUT2D eigenvalue weighted by molar-refractivity contribution is -0.136. The second-order valence-corrected chi connectivity index (χ2v) is 17.3.